The SMILES string of the molecule is CCOc1ccccc1CNc1cnn(C)c1. The van der Waals surface area contributed by atoms with E-state index in [1.807, 2.05) is 44.6 Å². The van der Waals surface area contributed by atoms with Gasteiger partial charge >= 0.3 is 0 Å². The first-order chi connectivity index (χ1) is 8.29. The molecule has 0 saturated heterocycles. The van der Waals surface area contributed by atoms with Crippen LogP contribution < -0.4 is 10.1 Å². The minimum Gasteiger partial charge on any atom is -0.494 e. The molecule has 2 aromatic rings. The van der Waals surface area contributed by atoms with Crippen LogP contribution in [0.15, 0.2) is 36.7 Å². The Kier molecular flexibility index (Phi) is 3.65. The zero-order valence-corrected chi connectivity index (χ0v) is 10.2. The molecule has 0 unspecified atom stereocenters. The van der Waals surface area contributed by atoms with E-state index in [4.69, 9.17) is 4.74 Å². The molecule has 1 aromatic carbocycles. The number of aryl methyl sites for hydroxylation is 1. The molecule has 0 radical (unpaired) electrons. The number of benzene rings is 1. The zero-order chi connectivity index (χ0) is 12.1. The van der Waals surface area contributed by atoms with Crippen molar-refractivity contribution >= 4 is 5.69 Å². The van der Waals surface area contributed by atoms with E-state index in [0.29, 0.717) is 6.61 Å². The molecule has 17 heavy (non-hydrogen) atoms. The highest BCUT2D eigenvalue weighted by Gasteiger charge is 2.02. The summed E-state index contributed by atoms with van der Waals surface area (Å²) in [4.78, 5) is 0. The molecule has 1 heterocycles. The van der Waals surface area contributed by atoms with E-state index in [1.54, 1.807) is 4.68 Å². The monoisotopic (exact) mass is 231 g/mol. The number of hydrogen-bond donors (Lipinski definition) is 1. The lowest BCUT2D eigenvalue weighted by molar-refractivity contribution is 0.337. The van der Waals surface area contributed by atoms with Crippen LogP contribution in [0, 0.1) is 0 Å². The summed E-state index contributed by atoms with van der Waals surface area (Å²) in [5.74, 6) is 0.936. The van der Waals surface area contributed by atoms with Gasteiger partial charge in [-0.1, -0.05) is 18.2 Å². The van der Waals surface area contributed by atoms with Crippen LogP contribution in [0.25, 0.3) is 0 Å². The van der Waals surface area contributed by atoms with Gasteiger partial charge in [-0.2, -0.15) is 5.10 Å². The van der Waals surface area contributed by atoms with Crippen LogP contribution in [0.4, 0.5) is 5.69 Å². The number of hydrogen-bond acceptors (Lipinski definition) is 3. The van der Waals surface area contributed by atoms with E-state index in [2.05, 4.69) is 16.5 Å². The standard InChI is InChI=1S/C13H17N3O/c1-3-17-13-7-5-4-6-11(13)8-14-12-9-15-16(2)10-12/h4-7,9-10,14H,3,8H2,1-2H3. The first kappa shape index (κ1) is 11.5. The van der Waals surface area contributed by atoms with Crippen LogP contribution in [0.2, 0.25) is 0 Å². The smallest absolute Gasteiger partial charge is 0.124 e. The summed E-state index contributed by atoms with van der Waals surface area (Å²) < 4.78 is 7.34. The number of ether oxygens (including phenoxy) is 1. The number of aromatic nitrogens is 2. The Balaban J connectivity index is 2.03. The lowest BCUT2D eigenvalue weighted by atomic mass is 10.2. The largest absolute Gasteiger partial charge is 0.494 e. The summed E-state index contributed by atoms with van der Waals surface area (Å²) in [5, 5.41) is 7.43. The molecular formula is C13H17N3O. The Labute approximate surface area is 101 Å². The molecule has 0 aliphatic rings. The predicted molar refractivity (Wildman–Crippen MR) is 68.1 cm³/mol. The third kappa shape index (κ3) is 3.00. The first-order valence-electron chi connectivity index (χ1n) is 5.73. The molecular weight excluding hydrogens is 214 g/mol. The van der Waals surface area contributed by atoms with Crippen LogP contribution >= 0.6 is 0 Å². The maximum absolute atomic E-state index is 5.57. The van der Waals surface area contributed by atoms with E-state index < -0.39 is 0 Å². The Morgan fingerprint density at radius 2 is 2.18 bits per heavy atom. The fraction of sp³-hybridized carbons (Fsp3) is 0.308. The minimum atomic E-state index is 0.684. The number of para-hydroxylation sites is 1. The lowest BCUT2D eigenvalue weighted by Crippen LogP contribution is -2.02. The fourth-order valence-corrected chi connectivity index (χ4v) is 1.66. The van der Waals surface area contributed by atoms with E-state index in [-0.39, 0.29) is 0 Å². The number of nitrogens with zero attached hydrogens (tertiary/aromatic N) is 2. The Bertz CT molecular complexity index is 479. The summed E-state index contributed by atoms with van der Waals surface area (Å²) in [6.07, 6.45) is 3.76. The van der Waals surface area contributed by atoms with Crippen molar-refractivity contribution in [2.45, 2.75) is 13.5 Å². The van der Waals surface area contributed by atoms with Crippen molar-refractivity contribution in [2.24, 2.45) is 7.05 Å². The van der Waals surface area contributed by atoms with Gasteiger partial charge in [-0.25, -0.2) is 0 Å². The van der Waals surface area contributed by atoms with Gasteiger partial charge in [0.15, 0.2) is 0 Å². The second kappa shape index (κ2) is 5.39. The lowest BCUT2D eigenvalue weighted by Gasteiger charge is -2.10. The highest BCUT2D eigenvalue weighted by molar-refractivity contribution is 5.42. The molecule has 0 aliphatic carbocycles. The van der Waals surface area contributed by atoms with Crippen LogP contribution in [0.1, 0.15) is 12.5 Å². The van der Waals surface area contributed by atoms with E-state index in [9.17, 15) is 0 Å². The molecule has 1 N–H and O–H groups in total. The van der Waals surface area contributed by atoms with E-state index >= 15 is 0 Å². The number of anilines is 1. The van der Waals surface area contributed by atoms with Crippen LogP contribution in [-0.4, -0.2) is 16.4 Å². The van der Waals surface area contributed by atoms with Crippen molar-refractivity contribution in [3.8, 4) is 5.75 Å². The molecule has 0 spiro atoms. The minimum absolute atomic E-state index is 0.684. The molecule has 2 rings (SSSR count). The van der Waals surface area contributed by atoms with Crippen molar-refractivity contribution in [1.29, 1.82) is 0 Å². The maximum Gasteiger partial charge on any atom is 0.124 e. The Morgan fingerprint density at radius 1 is 1.35 bits per heavy atom. The average Bonchev–Trinajstić information content (AvgIpc) is 2.74. The molecule has 0 bridgehead atoms. The van der Waals surface area contributed by atoms with Gasteiger partial charge in [-0.15, -0.1) is 0 Å². The van der Waals surface area contributed by atoms with Gasteiger partial charge in [0.25, 0.3) is 0 Å². The quantitative estimate of drug-likeness (QED) is 0.859. The van der Waals surface area contributed by atoms with Crippen molar-refractivity contribution in [3.63, 3.8) is 0 Å². The Morgan fingerprint density at radius 3 is 2.88 bits per heavy atom. The Hall–Kier alpha value is -1.97. The number of rotatable bonds is 5. The van der Waals surface area contributed by atoms with Crippen molar-refractivity contribution in [2.75, 3.05) is 11.9 Å². The third-order valence-electron chi connectivity index (χ3n) is 2.46. The molecule has 0 aliphatic heterocycles. The van der Waals surface area contributed by atoms with Gasteiger partial charge in [-0.3, -0.25) is 4.68 Å². The highest BCUT2D eigenvalue weighted by Crippen LogP contribution is 2.19. The van der Waals surface area contributed by atoms with Gasteiger partial charge in [-0.05, 0) is 13.0 Å². The maximum atomic E-state index is 5.57. The molecule has 1 aromatic heterocycles. The molecule has 90 valence electrons. The summed E-state index contributed by atoms with van der Waals surface area (Å²) in [6, 6.07) is 8.06. The molecule has 0 saturated carbocycles. The third-order valence-corrected chi connectivity index (χ3v) is 2.46. The van der Waals surface area contributed by atoms with Crippen molar-refractivity contribution < 1.29 is 4.74 Å². The summed E-state index contributed by atoms with van der Waals surface area (Å²) in [6.45, 7) is 3.41. The van der Waals surface area contributed by atoms with Gasteiger partial charge in [0.2, 0.25) is 0 Å². The normalized spacial score (nSPS) is 10.2. The zero-order valence-electron chi connectivity index (χ0n) is 10.2. The van der Waals surface area contributed by atoms with Crippen molar-refractivity contribution in [3.05, 3.63) is 42.2 Å². The average molecular weight is 231 g/mol. The van der Waals surface area contributed by atoms with Gasteiger partial charge in [0.05, 0.1) is 18.5 Å². The fourth-order valence-electron chi connectivity index (χ4n) is 1.66. The van der Waals surface area contributed by atoms with E-state index in [0.717, 1.165) is 23.5 Å². The van der Waals surface area contributed by atoms with Gasteiger partial charge in [0.1, 0.15) is 5.75 Å². The van der Waals surface area contributed by atoms with Gasteiger partial charge in [0, 0.05) is 25.4 Å². The van der Waals surface area contributed by atoms with Crippen LogP contribution in [0.3, 0.4) is 0 Å². The van der Waals surface area contributed by atoms with Crippen LogP contribution in [0.5, 0.6) is 5.75 Å². The molecule has 0 fully saturated rings. The molecule has 4 heteroatoms. The van der Waals surface area contributed by atoms with Crippen molar-refractivity contribution in [1.82, 2.24) is 9.78 Å². The summed E-state index contributed by atoms with van der Waals surface area (Å²) >= 11 is 0. The predicted octanol–water partition coefficient (Wildman–Crippen LogP) is 2.43. The first-order valence-corrected chi connectivity index (χ1v) is 5.73. The highest BCUT2D eigenvalue weighted by atomic mass is 16.5. The topological polar surface area (TPSA) is 39.1 Å². The molecule has 0 atom stereocenters. The summed E-state index contributed by atoms with van der Waals surface area (Å²) in [7, 11) is 1.90. The van der Waals surface area contributed by atoms with Crippen LogP contribution in [-0.2, 0) is 13.6 Å². The number of nitrogens with one attached hydrogen (secondary N) is 1. The van der Waals surface area contributed by atoms with E-state index in [1.165, 1.54) is 0 Å². The molecule has 0 amide bonds. The second-order valence-electron chi connectivity index (χ2n) is 3.80. The molecule has 4 nitrogen and oxygen atoms in total. The second-order valence-corrected chi connectivity index (χ2v) is 3.80. The van der Waals surface area contributed by atoms with Gasteiger partial charge < -0.3 is 10.1 Å². The summed E-state index contributed by atoms with van der Waals surface area (Å²) in [5.41, 5.74) is 2.16.